The normalized spacial score (nSPS) is 22.2. The van der Waals surface area contributed by atoms with Crippen molar-refractivity contribution in [1.29, 1.82) is 0 Å². The van der Waals surface area contributed by atoms with Crippen LogP contribution in [0.2, 0.25) is 0 Å². The van der Waals surface area contributed by atoms with E-state index in [0.29, 0.717) is 0 Å². The van der Waals surface area contributed by atoms with Gasteiger partial charge in [-0.15, -0.1) is 0 Å². The Kier molecular flexibility index (Phi) is 2.78. The summed E-state index contributed by atoms with van der Waals surface area (Å²) in [6, 6.07) is 5.69. The summed E-state index contributed by atoms with van der Waals surface area (Å²) in [5.74, 6) is 1.80. The van der Waals surface area contributed by atoms with Crippen LogP contribution in [0.3, 0.4) is 0 Å². The van der Waals surface area contributed by atoms with Crippen LogP contribution < -0.4 is 10.1 Å². The highest BCUT2D eigenvalue weighted by Crippen LogP contribution is 2.29. The number of carbonyl (C=O) groups is 1. The molecule has 1 heterocycles. The highest BCUT2D eigenvalue weighted by atomic mass is 16.5. The van der Waals surface area contributed by atoms with Gasteiger partial charge in [-0.05, 0) is 36.6 Å². The van der Waals surface area contributed by atoms with Gasteiger partial charge in [-0.3, -0.25) is 9.79 Å². The first-order chi connectivity index (χ1) is 8.79. The summed E-state index contributed by atoms with van der Waals surface area (Å²) in [6.45, 7) is 1.64. The Morgan fingerprint density at radius 3 is 3.06 bits per heavy atom. The molecule has 0 saturated carbocycles. The number of benzene rings is 1. The lowest BCUT2D eigenvalue weighted by atomic mass is 9.82. The standard InChI is InChI=1S/C14H16N2O2/c1-18-10-3-5-11-9(8-10)2-4-12(13(11)17)14-15-6-7-16-14/h3,5,8,12H,2,4,6-7H2,1H3,(H,15,16). The van der Waals surface area contributed by atoms with E-state index in [4.69, 9.17) is 4.74 Å². The minimum absolute atomic E-state index is 0.0756. The maximum Gasteiger partial charge on any atom is 0.173 e. The molecule has 1 N–H and O–H groups in total. The largest absolute Gasteiger partial charge is 0.497 e. The van der Waals surface area contributed by atoms with Crippen molar-refractivity contribution in [1.82, 2.24) is 5.32 Å². The summed E-state index contributed by atoms with van der Waals surface area (Å²) in [6.07, 6.45) is 1.74. The fraction of sp³-hybridized carbons (Fsp3) is 0.429. The molecule has 1 aliphatic carbocycles. The zero-order valence-electron chi connectivity index (χ0n) is 10.4. The summed E-state index contributed by atoms with van der Waals surface area (Å²) in [5, 5.41) is 3.21. The molecule has 4 heteroatoms. The molecule has 0 spiro atoms. The lowest BCUT2D eigenvalue weighted by Crippen LogP contribution is -2.35. The Bertz CT molecular complexity index is 523. The third-order valence-corrected chi connectivity index (χ3v) is 3.63. The van der Waals surface area contributed by atoms with E-state index in [0.717, 1.165) is 48.6 Å². The number of carbonyl (C=O) groups excluding carboxylic acids is 1. The molecule has 0 radical (unpaired) electrons. The molecule has 0 aromatic heterocycles. The number of amidine groups is 1. The fourth-order valence-electron chi connectivity index (χ4n) is 2.67. The van der Waals surface area contributed by atoms with Crippen LogP contribution in [0.4, 0.5) is 0 Å². The lowest BCUT2D eigenvalue weighted by Gasteiger charge is -2.23. The van der Waals surface area contributed by atoms with E-state index in [-0.39, 0.29) is 11.7 Å². The monoisotopic (exact) mass is 244 g/mol. The van der Waals surface area contributed by atoms with Gasteiger partial charge in [-0.25, -0.2) is 0 Å². The predicted octanol–water partition coefficient (Wildman–Crippen LogP) is 1.44. The van der Waals surface area contributed by atoms with Crippen LogP contribution in [-0.4, -0.2) is 31.8 Å². The SMILES string of the molecule is COc1ccc2c(c1)CCC(C1=NCCN1)C2=O. The average molecular weight is 244 g/mol. The summed E-state index contributed by atoms with van der Waals surface area (Å²) in [4.78, 5) is 16.8. The third kappa shape index (κ3) is 1.78. The van der Waals surface area contributed by atoms with Gasteiger partial charge in [0.15, 0.2) is 5.78 Å². The van der Waals surface area contributed by atoms with Crippen molar-refractivity contribution in [2.75, 3.05) is 20.2 Å². The fourth-order valence-corrected chi connectivity index (χ4v) is 2.67. The highest BCUT2D eigenvalue weighted by molar-refractivity contribution is 6.13. The third-order valence-electron chi connectivity index (χ3n) is 3.63. The summed E-state index contributed by atoms with van der Waals surface area (Å²) < 4.78 is 5.19. The van der Waals surface area contributed by atoms with Gasteiger partial charge >= 0.3 is 0 Å². The van der Waals surface area contributed by atoms with E-state index < -0.39 is 0 Å². The Morgan fingerprint density at radius 2 is 2.33 bits per heavy atom. The number of hydrogen-bond donors (Lipinski definition) is 1. The molecule has 4 nitrogen and oxygen atoms in total. The highest BCUT2D eigenvalue weighted by Gasteiger charge is 2.32. The van der Waals surface area contributed by atoms with Gasteiger partial charge in [0.2, 0.25) is 0 Å². The van der Waals surface area contributed by atoms with Gasteiger partial charge in [-0.1, -0.05) is 0 Å². The number of nitrogens with one attached hydrogen (secondary N) is 1. The molecule has 0 bridgehead atoms. The van der Waals surface area contributed by atoms with Crippen LogP contribution in [0.15, 0.2) is 23.2 Å². The van der Waals surface area contributed by atoms with E-state index in [2.05, 4.69) is 10.3 Å². The number of aliphatic imine (C=N–C) groups is 1. The van der Waals surface area contributed by atoms with Crippen LogP contribution in [0.1, 0.15) is 22.3 Å². The zero-order valence-corrected chi connectivity index (χ0v) is 10.4. The molecular formula is C14H16N2O2. The molecule has 0 saturated heterocycles. The first-order valence-electron chi connectivity index (χ1n) is 6.29. The lowest BCUT2D eigenvalue weighted by molar-refractivity contribution is 0.0939. The van der Waals surface area contributed by atoms with Crippen LogP contribution in [-0.2, 0) is 6.42 Å². The molecule has 2 aliphatic rings. The number of methoxy groups -OCH3 is 1. The smallest absolute Gasteiger partial charge is 0.173 e. The molecular weight excluding hydrogens is 228 g/mol. The number of hydrogen-bond acceptors (Lipinski definition) is 4. The van der Waals surface area contributed by atoms with Crippen molar-refractivity contribution in [3.63, 3.8) is 0 Å². The van der Waals surface area contributed by atoms with Gasteiger partial charge in [0, 0.05) is 12.1 Å². The van der Waals surface area contributed by atoms with Crippen LogP contribution in [0.25, 0.3) is 0 Å². The van der Waals surface area contributed by atoms with Gasteiger partial charge in [-0.2, -0.15) is 0 Å². The molecule has 1 aromatic carbocycles. The average Bonchev–Trinajstić information content (AvgIpc) is 2.92. The molecule has 18 heavy (non-hydrogen) atoms. The van der Waals surface area contributed by atoms with Gasteiger partial charge in [0.1, 0.15) is 11.6 Å². The quantitative estimate of drug-likeness (QED) is 0.856. The number of ketones is 1. The number of rotatable bonds is 2. The molecule has 94 valence electrons. The topological polar surface area (TPSA) is 50.7 Å². The predicted molar refractivity (Wildman–Crippen MR) is 69.4 cm³/mol. The van der Waals surface area contributed by atoms with Crippen molar-refractivity contribution < 1.29 is 9.53 Å². The van der Waals surface area contributed by atoms with Crippen LogP contribution >= 0.6 is 0 Å². The van der Waals surface area contributed by atoms with Gasteiger partial charge < -0.3 is 10.1 Å². The van der Waals surface area contributed by atoms with Crippen molar-refractivity contribution in [3.8, 4) is 5.75 Å². The molecule has 1 unspecified atom stereocenters. The van der Waals surface area contributed by atoms with Gasteiger partial charge in [0.25, 0.3) is 0 Å². The second kappa shape index (κ2) is 4.44. The summed E-state index contributed by atoms with van der Waals surface area (Å²) >= 11 is 0. The second-order valence-electron chi connectivity index (χ2n) is 4.67. The number of ether oxygens (including phenoxy) is 1. The Balaban J connectivity index is 1.92. The van der Waals surface area contributed by atoms with Crippen LogP contribution in [0.5, 0.6) is 5.75 Å². The maximum atomic E-state index is 12.4. The molecule has 1 aliphatic heterocycles. The number of aryl methyl sites for hydroxylation is 1. The van der Waals surface area contributed by atoms with E-state index in [1.54, 1.807) is 7.11 Å². The summed E-state index contributed by atoms with van der Waals surface area (Å²) in [7, 11) is 1.65. The van der Waals surface area contributed by atoms with E-state index in [1.165, 1.54) is 0 Å². The van der Waals surface area contributed by atoms with E-state index in [9.17, 15) is 4.79 Å². The molecule has 1 atom stereocenters. The first kappa shape index (κ1) is 11.3. The first-order valence-corrected chi connectivity index (χ1v) is 6.29. The van der Waals surface area contributed by atoms with E-state index >= 15 is 0 Å². The second-order valence-corrected chi connectivity index (χ2v) is 4.67. The molecule has 1 aromatic rings. The van der Waals surface area contributed by atoms with Crippen molar-refractivity contribution in [3.05, 3.63) is 29.3 Å². The van der Waals surface area contributed by atoms with Gasteiger partial charge in [0.05, 0.1) is 19.6 Å². The maximum absolute atomic E-state index is 12.4. The van der Waals surface area contributed by atoms with Crippen molar-refractivity contribution >= 4 is 11.6 Å². The Hall–Kier alpha value is -1.84. The zero-order chi connectivity index (χ0) is 12.5. The Labute approximate surface area is 106 Å². The molecule has 0 amide bonds. The Morgan fingerprint density at radius 1 is 1.44 bits per heavy atom. The molecule has 0 fully saturated rings. The minimum atomic E-state index is -0.0756. The number of Topliss-reactive ketones (excluding diaryl/α,β-unsaturated/α-hetero) is 1. The number of nitrogens with zero attached hydrogens (tertiary/aromatic N) is 1. The summed E-state index contributed by atoms with van der Waals surface area (Å²) in [5.41, 5.74) is 1.91. The molecule has 3 rings (SSSR count). The minimum Gasteiger partial charge on any atom is -0.497 e. The number of fused-ring (bicyclic) bond motifs is 1. The van der Waals surface area contributed by atoms with Crippen molar-refractivity contribution in [2.24, 2.45) is 10.9 Å². The van der Waals surface area contributed by atoms with Crippen molar-refractivity contribution in [2.45, 2.75) is 12.8 Å². The van der Waals surface area contributed by atoms with Crippen LogP contribution in [0, 0.1) is 5.92 Å². The van der Waals surface area contributed by atoms with E-state index in [1.807, 2.05) is 18.2 Å².